The number of rotatable bonds is 5. The minimum absolute atomic E-state index is 0.0672. The van der Waals surface area contributed by atoms with E-state index in [1.54, 1.807) is 18.4 Å². The Morgan fingerprint density at radius 2 is 2.07 bits per heavy atom. The van der Waals surface area contributed by atoms with Crippen molar-refractivity contribution in [2.24, 2.45) is 0 Å². The maximum atomic E-state index is 12.6. The molecular weight excluding hydrogens is 390 g/mol. The van der Waals surface area contributed by atoms with Gasteiger partial charge in [-0.1, -0.05) is 17.8 Å². The van der Waals surface area contributed by atoms with Gasteiger partial charge in [-0.3, -0.25) is 4.79 Å². The average Bonchev–Trinajstić information content (AvgIpc) is 3.04. The third-order valence-corrected chi connectivity index (χ3v) is 7.02. The molecule has 1 aliphatic carbocycles. The quantitative estimate of drug-likeness (QED) is 0.475. The van der Waals surface area contributed by atoms with Crippen LogP contribution in [0.25, 0.3) is 10.2 Å². The normalized spacial score (nSPS) is 13.4. The highest BCUT2D eigenvalue weighted by atomic mass is 32.2. The second-order valence-electron chi connectivity index (χ2n) is 7.01. The first-order valence-electron chi connectivity index (χ1n) is 9.41. The van der Waals surface area contributed by atoms with Crippen molar-refractivity contribution >= 4 is 44.9 Å². The van der Waals surface area contributed by atoms with E-state index in [9.17, 15) is 4.79 Å². The highest BCUT2D eigenvalue weighted by Gasteiger charge is 2.21. The van der Waals surface area contributed by atoms with Gasteiger partial charge in [-0.15, -0.1) is 11.3 Å². The number of thiophene rings is 1. The van der Waals surface area contributed by atoms with Crippen LogP contribution in [0.2, 0.25) is 0 Å². The molecule has 0 radical (unpaired) electrons. The van der Waals surface area contributed by atoms with Gasteiger partial charge in [0, 0.05) is 10.3 Å². The summed E-state index contributed by atoms with van der Waals surface area (Å²) in [7, 11) is 1.61. The lowest BCUT2D eigenvalue weighted by Crippen LogP contribution is -2.15. The van der Waals surface area contributed by atoms with Gasteiger partial charge in [0.05, 0.1) is 18.6 Å². The van der Waals surface area contributed by atoms with Crippen LogP contribution in [-0.2, 0) is 17.6 Å². The summed E-state index contributed by atoms with van der Waals surface area (Å²) in [5, 5.41) is 5.05. The van der Waals surface area contributed by atoms with Gasteiger partial charge in [0.2, 0.25) is 5.91 Å². The third kappa shape index (κ3) is 3.86. The Bertz CT molecular complexity index is 1050. The Morgan fingerprint density at radius 3 is 2.89 bits per heavy atom. The first-order chi connectivity index (χ1) is 13.5. The first kappa shape index (κ1) is 19.2. The number of benzene rings is 1. The summed E-state index contributed by atoms with van der Waals surface area (Å²) in [6.45, 7) is 3.91. The van der Waals surface area contributed by atoms with Gasteiger partial charge in [-0.05, 0) is 62.8 Å². The van der Waals surface area contributed by atoms with Crippen LogP contribution in [0.15, 0.2) is 23.2 Å². The smallest absolute Gasteiger partial charge is 0.234 e. The van der Waals surface area contributed by atoms with Crippen molar-refractivity contribution in [1.29, 1.82) is 0 Å². The molecular formula is C21H23N3O2S2. The van der Waals surface area contributed by atoms with Crippen LogP contribution in [0.1, 0.15) is 34.7 Å². The van der Waals surface area contributed by atoms with Crippen molar-refractivity contribution < 1.29 is 9.53 Å². The van der Waals surface area contributed by atoms with E-state index in [0.717, 1.165) is 39.5 Å². The molecule has 5 nitrogen and oxygen atoms in total. The number of amides is 1. The zero-order valence-corrected chi connectivity index (χ0v) is 17.9. The van der Waals surface area contributed by atoms with E-state index in [-0.39, 0.29) is 5.91 Å². The highest BCUT2D eigenvalue weighted by Crippen LogP contribution is 2.39. The molecule has 1 aliphatic rings. The molecule has 0 aliphatic heterocycles. The number of hydrogen-bond donors (Lipinski definition) is 1. The minimum atomic E-state index is -0.0672. The number of aromatic nitrogens is 2. The van der Waals surface area contributed by atoms with Crippen LogP contribution >= 0.6 is 23.1 Å². The molecule has 4 rings (SSSR count). The molecule has 1 N–H and O–H groups in total. The van der Waals surface area contributed by atoms with Crippen molar-refractivity contribution in [2.45, 2.75) is 44.6 Å². The fourth-order valence-corrected chi connectivity index (χ4v) is 5.84. The Labute approximate surface area is 172 Å². The molecule has 2 aromatic heterocycles. The predicted molar refractivity (Wildman–Crippen MR) is 116 cm³/mol. The SMILES string of the molecule is COc1ccc(C)cc1NC(=O)CSc1nc(C)nc2sc3c(c12)CCCC3. The van der Waals surface area contributed by atoms with Crippen LogP contribution in [0.5, 0.6) is 5.75 Å². The molecule has 0 fully saturated rings. The zero-order valence-electron chi connectivity index (χ0n) is 16.3. The predicted octanol–water partition coefficient (Wildman–Crippen LogP) is 4.93. The lowest BCUT2D eigenvalue weighted by atomic mass is 9.97. The van der Waals surface area contributed by atoms with E-state index in [4.69, 9.17) is 4.74 Å². The number of methoxy groups -OCH3 is 1. The topological polar surface area (TPSA) is 64.1 Å². The van der Waals surface area contributed by atoms with Gasteiger partial charge in [0.1, 0.15) is 21.4 Å². The maximum Gasteiger partial charge on any atom is 0.234 e. The van der Waals surface area contributed by atoms with Gasteiger partial charge < -0.3 is 10.1 Å². The summed E-state index contributed by atoms with van der Waals surface area (Å²) < 4.78 is 5.35. The molecule has 0 spiro atoms. The summed E-state index contributed by atoms with van der Waals surface area (Å²) in [5.74, 6) is 1.65. The van der Waals surface area contributed by atoms with Gasteiger partial charge in [-0.2, -0.15) is 0 Å². The number of carbonyl (C=O) groups excluding carboxylic acids is 1. The number of carbonyl (C=O) groups is 1. The van der Waals surface area contributed by atoms with E-state index < -0.39 is 0 Å². The fourth-order valence-electron chi connectivity index (χ4n) is 3.57. The molecule has 146 valence electrons. The van der Waals surface area contributed by atoms with E-state index in [2.05, 4.69) is 15.3 Å². The number of ether oxygens (including phenoxy) is 1. The number of thioether (sulfide) groups is 1. The van der Waals surface area contributed by atoms with Crippen molar-refractivity contribution in [3.8, 4) is 5.75 Å². The number of fused-ring (bicyclic) bond motifs is 3. The molecule has 0 saturated carbocycles. The summed E-state index contributed by atoms with van der Waals surface area (Å²) >= 11 is 3.28. The van der Waals surface area contributed by atoms with Crippen LogP contribution in [-0.4, -0.2) is 28.7 Å². The minimum Gasteiger partial charge on any atom is -0.495 e. The number of nitrogens with one attached hydrogen (secondary N) is 1. The molecule has 0 atom stereocenters. The average molecular weight is 414 g/mol. The molecule has 0 unspecified atom stereocenters. The number of nitrogens with zero attached hydrogens (tertiary/aromatic N) is 2. The molecule has 0 bridgehead atoms. The van der Waals surface area contributed by atoms with E-state index in [1.165, 1.54) is 35.0 Å². The van der Waals surface area contributed by atoms with Crippen LogP contribution in [0, 0.1) is 13.8 Å². The maximum absolute atomic E-state index is 12.6. The monoisotopic (exact) mass is 413 g/mol. The number of anilines is 1. The van der Waals surface area contributed by atoms with Crippen LogP contribution in [0.3, 0.4) is 0 Å². The standard InChI is InChI=1S/C21H23N3O2S2/c1-12-8-9-16(26-3)15(10-12)24-18(25)11-27-20-19-14-6-4-5-7-17(14)28-21(19)23-13(2)22-20/h8-10H,4-7,11H2,1-3H3,(H,24,25). The lowest BCUT2D eigenvalue weighted by molar-refractivity contribution is -0.113. The largest absolute Gasteiger partial charge is 0.495 e. The van der Waals surface area contributed by atoms with Crippen LogP contribution in [0.4, 0.5) is 5.69 Å². The summed E-state index contributed by atoms with van der Waals surface area (Å²) in [6.07, 6.45) is 4.68. The zero-order chi connectivity index (χ0) is 19.7. The van der Waals surface area contributed by atoms with Gasteiger partial charge in [-0.25, -0.2) is 9.97 Å². The fraction of sp³-hybridized carbons (Fsp3) is 0.381. The summed E-state index contributed by atoms with van der Waals surface area (Å²) in [5.41, 5.74) is 3.17. The molecule has 2 heterocycles. The van der Waals surface area contributed by atoms with E-state index in [1.807, 2.05) is 32.0 Å². The van der Waals surface area contributed by atoms with E-state index in [0.29, 0.717) is 17.2 Å². The number of hydrogen-bond acceptors (Lipinski definition) is 6. The molecule has 3 aromatic rings. The van der Waals surface area contributed by atoms with Crippen molar-refractivity contribution in [2.75, 3.05) is 18.2 Å². The van der Waals surface area contributed by atoms with Gasteiger partial charge >= 0.3 is 0 Å². The molecule has 7 heteroatoms. The third-order valence-electron chi connectivity index (χ3n) is 4.86. The van der Waals surface area contributed by atoms with E-state index >= 15 is 0 Å². The summed E-state index contributed by atoms with van der Waals surface area (Å²) in [6, 6.07) is 5.75. The van der Waals surface area contributed by atoms with Gasteiger partial charge in [0.25, 0.3) is 0 Å². The van der Waals surface area contributed by atoms with Gasteiger partial charge in [0.15, 0.2) is 0 Å². The Balaban J connectivity index is 1.55. The lowest BCUT2D eigenvalue weighted by Gasteiger charge is -2.12. The molecule has 0 saturated heterocycles. The second kappa shape index (κ2) is 8.09. The van der Waals surface area contributed by atoms with Crippen molar-refractivity contribution in [3.05, 3.63) is 40.0 Å². The highest BCUT2D eigenvalue weighted by molar-refractivity contribution is 8.00. The Hall–Kier alpha value is -2.12. The molecule has 1 aromatic carbocycles. The molecule has 1 amide bonds. The Morgan fingerprint density at radius 1 is 1.25 bits per heavy atom. The van der Waals surface area contributed by atoms with Crippen molar-refractivity contribution in [3.63, 3.8) is 0 Å². The van der Waals surface area contributed by atoms with Crippen molar-refractivity contribution in [1.82, 2.24) is 9.97 Å². The Kier molecular flexibility index (Phi) is 5.55. The summed E-state index contributed by atoms with van der Waals surface area (Å²) in [4.78, 5) is 24.4. The molecule has 28 heavy (non-hydrogen) atoms. The first-order valence-corrected chi connectivity index (χ1v) is 11.2. The van der Waals surface area contributed by atoms with Crippen LogP contribution < -0.4 is 10.1 Å². The number of aryl methyl sites for hydroxylation is 4. The second-order valence-corrected chi connectivity index (χ2v) is 9.06.